The van der Waals surface area contributed by atoms with Gasteiger partial charge in [0.05, 0.1) is 12.1 Å². The first kappa shape index (κ1) is 27.4. The summed E-state index contributed by atoms with van der Waals surface area (Å²) in [5.41, 5.74) is -1.22. The Bertz CT molecular complexity index is 1050. The van der Waals surface area contributed by atoms with E-state index in [1.165, 1.54) is 29.7 Å². The second-order valence-electron chi connectivity index (χ2n) is 10.4. The predicted octanol–water partition coefficient (Wildman–Crippen LogP) is 2.95. The molecule has 2 aromatic carbocycles. The quantitative estimate of drug-likeness (QED) is 0.559. The second kappa shape index (κ2) is 11.9. The largest absolute Gasteiger partial charge is 0.487 e. The van der Waals surface area contributed by atoms with Gasteiger partial charge in [0.25, 0.3) is 0 Å². The molecule has 1 aliphatic heterocycles. The first-order valence-corrected chi connectivity index (χ1v) is 12.8. The summed E-state index contributed by atoms with van der Waals surface area (Å²) in [7, 11) is 1.42. The number of amides is 1. The molecule has 2 aromatic rings. The van der Waals surface area contributed by atoms with Crippen LogP contribution in [-0.2, 0) is 9.53 Å². The summed E-state index contributed by atoms with van der Waals surface area (Å²) in [6.07, 6.45) is 2.97. The number of carbonyl (C=O) groups excluding carboxylic acids is 1. The van der Waals surface area contributed by atoms with Crippen molar-refractivity contribution in [3.63, 3.8) is 0 Å². The Morgan fingerprint density at radius 1 is 1.00 bits per heavy atom. The van der Waals surface area contributed by atoms with Crippen molar-refractivity contribution in [1.29, 1.82) is 0 Å². The van der Waals surface area contributed by atoms with Crippen LogP contribution < -0.4 is 4.74 Å². The van der Waals surface area contributed by atoms with Crippen molar-refractivity contribution >= 4 is 5.91 Å². The van der Waals surface area contributed by atoms with E-state index >= 15 is 0 Å². The normalized spacial score (nSPS) is 27.1. The zero-order valence-electron chi connectivity index (χ0n) is 21.2. The van der Waals surface area contributed by atoms with Crippen LogP contribution in [0, 0.1) is 11.6 Å². The van der Waals surface area contributed by atoms with Crippen molar-refractivity contribution in [3.8, 4) is 5.75 Å². The van der Waals surface area contributed by atoms with Crippen molar-refractivity contribution in [2.75, 3.05) is 53.0 Å². The van der Waals surface area contributed by atoms with Crippen molar-refractivity contribution in [1.82, 2.24) is 9.80 Å². The van der Waals surface area contributed by atoms with Crippen LogP contribution >= 0.6 is 0 Å². The van der Waals surface area contributed by atoms with Gasteiger partial charge in [-0.15, -0.1) is 0 Å². The van der Waals surface area contributed by atoms with E-state index in [1.54, 1.807) is 0 Å². The van der Waals surface area contributed by atoms with Crippen molar-refractivity contribution in [2.45, 2.75) is 42.8 Å². The van der Waals surface area contributed by atoms with E-state index in [-0.39, 0.29) is 38.0 Å². The van der Waals surface area contributed by atoms with E-state index in [0.717, 1.165) is 18.9 Å². The van der Waals surface area contributed by atoms with Gasteiger partial charge in [-0.05, 0) is 49.3 Å². The Labute approximate surface area is 216 Å². The minimum atomic E-state index is -1.57. The van der Waals surface area contributed by atoms with Crippen molar-refractivity contribution in [2.24, 2.45) is 0 Å². The number of halogens is 2. The topological polar surface area (TPSA) is 82.5 Å². The molecule has 2 fully saturated rings. The van der Waals surface area contributed by atoms with E-state index in [0.29, 0.717) is 38.4 Å². The number of nitrogens with zero attached hydrogens (tertiary/aromatic N) is 2. The van der Waals surface area contributed by atoms with Crippen molar-refractivity contribution in [3.05, 3.63) is 65.7 Å². The summed E-state index contributed by atoms with van der Waals surface area (Å²) in [6, 6.07) is 13.9. The van der Waals surface area contributed by atoms with Crippen LogP contribution in [-0.4, -0.2) is 90.2 Å². The fourth-order valence-corrected chi connectivity index (χ4v) is 5.49. The molecule has 0 unspecified atom stereocenters. The Morgan fingerprint density at radius 3 is 2.43 bits per heavy atom. The molecule has 7 nitrogen and oxygen atoms in total. The van der Waals surface area contributed by atoms with Gasteiger partial charge < -0.3 is 24.6 Å². The lowest BCUT2D eigenvalue weighted by molar-refractivity contribution is -0.138. The average Bonchev–Trinajstić information content (AvgIpc) is 3.04. The summed E-state index contributed by atoms with van der Waals surface area (Å²) in [4.78, 5) is 16.0. The summed E-state index contributed by atoms with van der Waals surface area (Å²) in [5.74, 6) is -2.37. The van der Waals surface area contributed by atoms with E-state index in [1.807, 2.05) is 23.1 Å². The summed E-state index contributed by atoms with van der Waals surface area (Å²) in [6.45, 7) is 0.660. The molecule has 37 heavy (non-hydrogen) atoms. The van der Waals surface area contributed by atoms with E-state index in [2.05, 4.69) is 12.1 Å². The second-order valence-corrected chi connectivity index (χ2v) is 10.4. The van der Waals surface area contributed by atoms with Crippen LogP contribution in [0.1, 0.15) is 37.2 Å². The van der Waals surface area contributed by atoms with Crippen LogP contribution in [0.4, 0.5) is 8.78 Å². The molecule has 1 aliphatic carbocycles. The van der Waals surface area contributed by atoms with E-state index < -0.39 is 22.8 Å². The van der Waals surface area contributed by atoms with Gasteiger partial charge in [-0.1, -0.05) is 36.4 Å². The van der Waals surface area contributed by atoms with Gasteiger partial charge in [0.2, 0.25) is 11.7 Å². The zero-order chi connectivity index (χ0) is 26.5. The third-order valence-corrected chi connectivity index (χ3v) is 7.43. The van der Waals surface area contributed by atoms with Gasteiger partial charge in [0.1, 0.15) is 18.8 Å². The van der Waals surface area contributed by atoms with Gasteiger partial charge >= 0.3 is 0 Å². The van der Waals surface area contributed by atoms with E-state index in [4.69, 9.17) is 9.47 Å². The van der Waals surface area contributed by atoms with Gasteiger partial charge in [0.15, 0.2) is 11.6 Å². The maximum atomic E-state index is 14.2. The summed E-state index contributed by atoms with van der Waals surface area (Å²) < 4.78 is 38.3. The molecule has 2 N–H and O–H groups in total. The zero-order valence-corrected chi connectivity index (χ0v) is 21.2. The molecular formula is C28H36F2N2O5. The Morgan fingerprint density at radius 2 is 1.73 bits per heavy atom. The van der Waals surface area contributed by atoms with E-state index in [9.17, 15) is 23.8 Å². The highest BCUT2D eigenvalue weighted by Gasteiger charge is 2.41. The molecule has 1 saturated heterocycles. The number of benzene rings is 2. The maximum absolute atomic E-state index is 14.2. The first-order chi connectivity index (χ1) is 17.7. The number of rotatable bonds is 8. The Balaban J connectivity index is 1.45. The maximum Gasteiger partial charge on any atom is 0.248 e. The predicted molar refractivity (Wildman–Crippen MR) is 134 cm³/mol. The molecule has 1 saturated carbocycles. The van der Waals surface area contributed by atoms with Gasteiger partial charge in [-0.3, -0.25) is 9.69 Å². The van der Waals surface area contributed by atoms with Gasteiger partial charge in [0, 0.05) is 33.3 Å². The van der Waals surface area contributed by atoms with Crippen LogP contribution in [0.25, 0.3) is 0 Å². The van der Waals surface area contributed by atoms with Crippen LogP contribution in [0.3, 0.4) is 0 Å². The van der Waals surface area contributed by atoms with Gasteiger partial charge in [-0.25, -0.2) is 4.39 Å². The van der Waals surface area contributed by atoms with Crippen LogP contribution in [0.2, 0.25) is 0 Å². The van der Waals surface area contributed by atoms with Crippen LogP contribution in [0.15, 0.2) is 48.5 Å². The fourth-order valence-electron chi connectivity index (χ4n) is 5.49. The molecule has 0 bridgehead atoms. The summed E-state index contributed by atoms with van der Waals surface area (Å²) >= 11 is 0. The molecule has 0 radical (unpaired) electrons. The number of hydrogen-bond acceptors (Lipinski definition) is 6. The number of ether oxygens (including phenoxy) is 2. The molecule has 1 amide bonds. The molecule has 0 spiro atoms. The number of carbonyl (C=O) groups is 1. The molecular weight excluding hydrogens is 482 g/mol. The number of aliphatic hydroxyl groups is 2. The highest BCUT2D eigenvalue weighted by molar-refractivity contribution is 5.77. The number of methoxy groups -OCH3 is 1. The van der Waals surface area contributed by atoms with Crippen LogP contribution in [0.5, 0.6) is 5.75 Å². The number of β-amino-alcohol motifs (C(OH)–C–C–N with tert-alkyl or cyclic N) is 2. The SMILES string of the molecule is COCC(=O)N1CCN(CC2(O)CCC(c3ccccc3)CC2)C[C@@](O)(COc2cccc(F)c2F)C1. The molecule has 0 aromatic heterocycles. The third-order valence-electron chi connectivity index (χ3n) is 7.43. The highest BCUT2D eigenvalue weighted by Crippen LogP contribution is 2.38. The molecule has 4 rings (SSSR count). The Hall–Kier alpha value is -2.59. The average molecular weight is 519 g/mol. The summed E-state index contributed by atoms with van der Waals surface area (Å²) in [5, 5.41) is 23.0. The molecule has 1 atom stereocenters. The van der Waals surface area contributed by atoms with Crippen molar-refractivity contribution < 1.29 is 33.3 Å². The minimum absolute atomic E-state index is 0.0584. The Kier molecular flexibility index (Phi) is 8.79. The molecule has 1 heterocycles. The minimum Gasteiger partial charge on any atom is -0.487 e. The molecule has 2 aliphatic rings. The standard InChI is InChI=1S/C28H36F2N2O5/c1-36-16-25(33)32-15-14-31(17-27(34)12-10-22(11-13-27)21-6-3-2-4-7-21)18-28(35,19-32)20-37-24-9-5-8-23(29)26(24)30/h2-9,22,34-35H,10-20H2,1H3/t22?,27?,28-/m0/s1. The smallest absolute Gasteiger partial charge is 0.248 e. The lowest BCUT2D eigenvalue weighted by atomic mass is 9.76. The molecule has 9 heteroatoms. The highest BCUT2D eigenvalue weighted by atomic mass is 19.2. The first-order valence-electron chi connectivity index (χ1n) is 12.8. The lowest BCUT2D eigenvalue weighted by Crippen LogP contribution is -2.54. The lowest BCUT2D eigenvalue weighted by Gasteiger charge is -2.40. The monoisotopic (exact) mass is 518 g/mol. The molecule has 202 valence electrons. The fraction of sp³-hybridized carbons (Fsp3) is 0.536. The third kappa shape index (κ3) is 7.04. The van der Waals surface area contributed by atoms with Gasteiger partial charge in [-0.2, -0.15) is 4.39 Å². The number of hydrogen-bond donors (Lipinski definition) is 2.